The summed E-state index contributed by atoms with van der Waals surface area (Å²) in [4.78, 5) is 65.2. The molecule has 3 aromatic carbocycles. The summed E-state index contributed by atoms with van der Waals surface area (Å²) in [6, 6.07) is 18.1. The first-order valence-corrected chi connectivity index (χ1v) is 21.1. The van der Waals surface area contributed by atoms with Gasteiger partial charge in [-0.3, -0.25) is 24.6 Å². The van der Waals surface area contributed by atoms with Gasteiger partial charge in [0.05, 0.1) is 18.0 Å². The molecule has 0 radical (unpaired) electrons. The van der Waals surface area contributed by atoms with Gasteiger partial charge in [-0.05, 0) is 84.8 Å². The number of unbranched alkanes of at least 4 members (excludes halogenated alkanes) is 1. The topological polar surface area (TPSA) is 197 Å². The highest BCUT2D eigenvalue weighted by molar-refractivity contribution is 8.00. The molecule has 5 rings (SSSR count). The average molecular weight is 820 g/mol. The van der Waals surface area contributed by atoms with Gasteiger partial charge in [0.1, 0.15) is 11.9 Å². The number of nitrogens with zero attached hydrogens (tertiary/aromatic N) is 1. The van der Waals surface area contributed by atoms with Crippen molar-refractivity contribution in [3.05, 3.63) is 71.8 Å². The number of hydrogen-bond donors (Lipinski definition) is 8. The first-order chi connectivity index (χ1) is 27.5. The minimum Gasteiger partial charge on any atom is -0.378 e. The summed E-state index contributed by atoms with van der Waals surface area (Å²) < 4.78 is 0. The molecule has 0 aromatic heterocycles. The fourth-order valence-electron chi connectivity index (χ4n) is 6.84. The SMILES string of the molecule is CN(C)c1ccc2cc(C(=O)N[C@@H](CCCNC(=N)CCl)C(=O)NCc3ccc(NC(=O)CCCNC(=O)CCCCC4SCC5NC(=O)NC54)cc3)ccc2c1. The van der Waals surface area contributed by atoms with Crippen molar-refractivity contribution in [3.8, 4) is 0 Å². The molecule has 0 saturated carbocycles. The predicted molar refractivity (Wildman–Crippen MR) is 228 cm³/mol. The minimum absolute atomic E-state index is 0.0240. The number of fused-ring (bicyclic) bond motifs is 2. The summed E-state index contributed by atoms with van der Waals surface area (Å²) in [7, 11) is 3.94. The standard InChI is InChI=1S/C41H54ClN9O5S/c1-51(2)31-18-15-27-21-29(14-13-28(27)22-31)39(54)48-32(7-5-19-44-35(43)23-42)40(55)46-24-26-11-16-30(17-12-26)47-37(53)10-6-20-45-36(52)9-4-3-8-34-38-33(25-57-34)49-41(56)50-38/h11-18,21-22,32-34,38H,3-10,19-20,23-25H2,1-2H3,(H2,43,44)(H,45,52)(H,46,55)(H,47,53)(H,48,54)(H2,49,50,56)/t32-,33?,34?,38?/m0/s1. The van der Waals surface area contributed by atoms with Crippen LogP contribution in [0.4, 0.5) is 16.2 Å². The molecular formula is C41H54ClN9O5S. The Balaban J connectivity index is 1.01. The van der Waals surface area contributed by atoms with E-state index in [2.05, 4.69) is 43.3 Å². The highest BCUT2D eigenvalue weighted by atomic mass is 35.5. The molecule has 2 aliphatic rings. The molecular weight excluding hydrogens is 766 g/mol. The van der Waals surface area contributed by atoms with Gasteiger partial charge in [0, 0.05) is 74.5 Å². The highest BCUT2D eigenvalue weighted by Crippen LogP contribution is 2.33. The van der Waals surface area contributed by atoms with Crippen LogP contribution in [0.2, 0.25) is 0 Å². The second-order valence-electron chi connectivity index (χ2n) is 14.6. The number of amidine groups is 1. The van der Waals surface area contributed by atoms with E-state index in [1.54, 1.807) is 18.2 Å². The van der Waals surface area contributed by atoms with Crippen LogP contribution < -0.4 is 42.1 Å². The van der Waals surface area contributed by atoms with Crippen LogP contribution >= 0.6 is 23.4 Å². The number of benzene rings is 3. The summed E-state index contributed by atoms with van der Waals surface area (Å²) >= 11 is 7.58. The smallest absolute Gasteiger partial charge is 0.315 e. The van der Waals surface area contributed by atoms with Crippen molar-refractivity contribution in [1.29, 1.82) is 5.41 Å². The van der Waals surface area contributed by atoms with Gasteiger partial charge in [-0.15, -0.1) is 11.6 Å². The lowest BCUT2D eigenvalue weighted by molar-refractivity contribution is -0.123. The Bertz CT molecular complexity index is 1900. The molecule has 0 aliphatic carbocycles. The highest BCUT2D eigenvalue weighted by Gasteiger charge is 2.42. The Morgan fingerprint density at radius 3 is 2.39 bits per heavy atom. The molecule has 2 aliphatic heterocycles. The molecule has 0 spiro atoms. The van der Waals surface area contributed by atoms with Crippen LogP contribution in [0.25, 0.3) is 10.8 Å². The van der Waals surface area contributed by atoms with Gasteiger partial charge in [-0.25, -0.2) is 4.79 Å². The summed E-state index contributed by atoms with van der Waals surface area (Å²) in [5, 5.41) is 30.5. The molecule has 3 aromatic rings. The van der Waals surface area contributed by atoms with Crippen molar-refractivity contribution in [1.82, 2.24) is 31.9 Å². The van der Waals surface area contributed by atoms with Crippen LogP contribution in [0.1, 0.15) is 67.3 Å². The van der Waals surface area contributed by atoms with E-state index >= 15 is 0 Å². The number of anilines is 2. The molecule has 2 saturated heterocycles. The molecule has 4 atom stereocenters. The Hall–Kier alpha value is -5.02. The molecule has 14 nitrogen and oxygen atoms in total. The number of urea groups is 1. The Morgan fingerprint density at radius 1 is 0.877 bits per heavy atom. The number of nitrogens with one attached hydrogen (secondary N) is 8. The van der Waals surface area contributed by atoms with Crippen molar-refractivity contribution >= 4 is 81.0 Å². The van der Waals surface area contributed by atoms with Gasteiger partial charge in [0.2, 0.25) is 17.7 Å². The Labute approximate surface area is 343 Å². The quantitative estimate of drug-likeness (QED) is 0.0254. The maximum Gasteiger partial charge on any atom is 0.315 e. The van der Waals surface area contributed by atoms with Crippen molar-refractivity contribution in [3.63, 3.8) is 0 Å². The summed E-state index contributed by atoms with van der Waals surface area (Å²) in [5.41, 5.74) is 2.93. The average Bonchev–Trinajstić information content (AvgIpc) is 3.77. The number of rotatable bonds is 21. The predicted octanol–water partition coefficient (Wildman–Crippen LogP) is 4.47. The van der Waals surface area contributed by atoms with Gasteiger partial charge < -0.3 is 42.1 Å². The second kappa shape index (κ2) is 21.5. The van der Waals surface area contributed by atoms with Crippen molar-refractivity contribution in [2.45, 2.75) is 81.3 Å². The number of carbonyl (C=O) groups excluding carboxylic acids is 5. The zero-order valence-corrected chi connectivity index (χ0v) is 34.1. The third kappa shape index (κ3) is 13.3. The first-order valence-electron chi connectivity index (χ1n) is 19.5. The van der Waals surface area contributed by atoms with E-state index in [4.69, 9.17) is 17.0 Å². The van der Waals surface area contributed by atoms with E-state index in [1.165, 1.54) is 0 Å². The van der Waals surface area contributed by atoms with Crippen molar-refractivity contribution in [2.24, 2.45) is 0 Å². The molecule has 2 heterocycles. The molecule has 8 N–H and O–H groups in total. The maximum absolute atomic E-state index is 13.4. The van der Waals surface area contributed by atoms with E-state index < -0.39 is 6.04 Å². The van der Waals surface area contributed by atoms with E-state index in [0.717, 1.165) is 47.0 Å². The largest absolute Gasteiger partial charge is 0.378 e. The van der Waals surface area contributed by atoms with Gasteiger partial charge in [0.15, 0.2) is 0 Å². The van der Waals surface area contributed by atoms with E-state index in [9.17, 15) is 24.0 Å². The summed E-state index contributed by atoms with van der Waals surface area (Å²) in [6.45, 7) is 1.06. The van der Waals surface area contributed by atoms with Crippen LogP contribution in [0, 0.1) is 5.41 Å². The monoisotopic (exact) mass is 819 g/mol. The zero-order valence-electron chi connectivity index (χ0n) is 32.5. The Morgan fingerprint density at radius 2 is 1.61 bits per heavy atom. The third-order valence-corrected chi connectivity index (χ3v) is 11.8. The van der Waals surface area contributed by atoms with Gasteiger partial charge in [-0.1, -0.05) is 30.7 Å². The zero-order chi connectivity index (χ0) is 40.7. The van der Waals surface area contributed by atoms with Crippen molar-refractivity contribution < 1.29 is 24.0 Å². The van der Waals surface area contributed by atoms with Crippen LogP contribution in [-0.4, -0.2) is 97.7 Å². The van der Waals surface area contributed by atoms with Crippen LogP contribution in [-0.2, 0) is 20.9 Å². The number of halogens is 1. The number of thioether (sulfide) groups is 1. The first kappa shape index (κ1) is 43.1. The Kier molecular flexibility index (Phi) is 16.3. The van der Waals surface area contributed by atoms with Crippen LogP contribution in [0.3, 0.4) is 0 Å². The number of alkyl halides is 1. The lowest BCUT2D eigenvalue weighted by Gasteiger charge is -2.19. The molecule has 57 heavy (non-hydrogen) atoms. The summed E-state index contributed by atoms with van der Waals surface area (Å²) in [5.74, 6) is 0.293. The molecule has 0 bridgehead atoms. The third-order valence-electron chi connectivity index (χ3n) is 10.1. The van der Waals surface area contributed by atoms with Crippen LogP contribution in [0.15, 0.2) is 60.7 Å². The van der Waals surface area contributed by atoms with Gasteiger partial charge in [-0.2, -0.15) is 11.8 Å². The maximum atomic E-state index is 13.4. The van der Waals surface area contributed by atoms with Gasteiger partial charge in [0.25, 0.3) is 5.91 Å². The van der Waals surface area contributed by atoms with Crippen LogP contribution in [0.5, 0.6) is 0 Å². The number of carbonyl (C=O) groups is 5. The number of amides is 6. The molecule has 2 fully saturated rings. The molecule has 16 heteroatoms. The normalized spacial score (nSPS) is 17.5. The lowest BCUT2D eigenvalue weighted by atomic mass is 10.0. The fourth-order valence-corrected chi connectivity index (χ4v) is 8.47. The molecule has 6 amide bonds. The lowest BCUT2D eigenvalue weighted by Crippen LogP contribution is -2.46. The minimum atomic E-state index is -0.815. The summed E-state index contributed by atoms with van der Waals surface area (Å²) in [6.07, 6.45) is 4.73. The second-order valence-corrected chi connectivity index (χ2v) is 16.2. The van der Waals surface area contributed by atoms with E-state index in [-0.39, 0.29) is 66.4 Å². The molecule has 3 unspecified atom stereocenters. The van der Waals surface area contributed by atoms with E-state index in [0.29, 0.717) is 55.3 Å². The number of hydrogen-bond acceptors (Lipinski definition) is 8. The van der Waals surface area contributed by atoms with E-state index in [1.807, 2.05) is 67.2 Å². The van der Waals surface area contributed by atoms with Crippen molar-refractivity contribution in [2.75, 3.05) is 49.0 Å². The fraction of sp³-hybridized carbons (Fsp3) is 0.463. The molecule has 306 valence electrons. The van der Waals surface area contributed by atoms with Gasteiger partial charge >= 0.3 is 6.03 Å².